The van der Waals surface area contributed by atoms with E-state index >= 15 is 0 Å². The Bertz CT molecular complexity index is 963. The van der Waals surface area contributed by atoms with Gasteiger partial charge in [0.05, 0.1) is 6.33 Å². The third-order valence-corrected chi connectivity index (χ3v) is 7.30. The Morgan fingerprint density at radius 2 is 1.74 bits per heavy atom. The largest absolute Gasteiger partial charge is 0.332 e. The zero-order valence-corrected chi connectivity index (χ0v) is 16.3. The normalized spacial score (nSPS) is 31.9. The van der Waals surface area contributed by atoms with Crippen LogP contribution in [0, 0.1) is 17.8 Å². The first-order chi connectivity index (χ1) is 13.0. The van der Waals surface area contributed by atoms with E-state index in [2.05, 4.69) is 10.3 Å². The van der Waals surface area contributed by atoms with Gasteiger partial charge in [-0.1, -0.05) is 0 Å². The summed E-state index contributed by atoms with van der Waals surface area (Å²) >= 11 is 0. The summed E-state index contributed by atoms with van der Waals surface area (Å²) in [6.45, 7) is 1.32. The van der Waals surface area contributed by atoms with Crippen molar-refractivity contribution in [3.05, 3.63) is 27.2 Å². The van der Waals surface area contributed by atoms with Crippen LogP contribution in [0.2, 0.25) is 0 Å². The fraction of sp³-hybridized carbons (Fsp3) is 0.750. The zero-order chi connectivity index (χ0) is 18.8. The molecule has 7 heteroatoms. The van der Waals surface area contributed by atoms with Crippen molar-refractivity contribution in [3.63, 3.8) is 0 Å². The molecule has 0 aliphatic heterocycles. The van der Waals surface area contributed by atoms with E-state index in [9.17, 15) is 9.59 Å². The average molecular weight is 371 g/mol. The molecule has 2 aromatic rings. The van der Waals surface area contributed by atoms with Gasteiger partial charge < -0.3 is 9.88 Å². The number of rotatable bonds is 5. The lowest BCUT2D eigenvalue weighted by Crippen LogP contribution is -2.58. The van der Waals surface area contributed by atoms with Gasteiger partial charge in [0.15, 0.2) is 11.2 Å². The molecular weight excluding hydrogens is 342 g/mol. The number of hydrogen-bond acceptors (Lipinski definition) is 4. The van der Waals surface area contributed by atoms with Crippen LogP contribution < -0.4 is 16.6 Å². The summed E-state index contributed by atoms with van der Waals surface area (Å²) < 4.78 is 4.54. The highest BCUT2D eigenvalue weighted by atomic mass is 16.2. The van der Waals surface area contributed by atoms with Crippen molar-refractivity contribution in [2.45, 2.75) is 57.0 Å². The maximum atomic E-state index is 12.8. The van der Waals surface area contributed by atoms with Gasteiger partial charge in [-0.25, -0.2) is 9.78 Å². The van der Waals surface area contributed by atoms with Gasteiger partial charge in [0.25, 0.3) is 5.56 Å². The van der Waals surface area contributed by atoms with Crippen molar-refractivity contribution in [1.29, 1.82) is 0 Å². The van der Waals surface area contributed by atoms with Crippen LogP contribution >= 0.6 is 0 Å². The maximum Gasteiger partial charge on any atom is 0.332 e. The van der Waals surface area contributed by atoms with Crippen LogP contribution in [0.3, 0.4) is 0 Å². The number of imidazole rings is 1. The molecule has 4 fully saturated rings. The van der Waals surface area contributed by atoms with Gasteiger partial charge >= 0.3 is 5.69 Å². The minimum Gasteiger partial charge on any atom is -0.328 e. The van der Waals surface area contributed by atoms with Gasteiger partial charge in [-0.3, -0.25) is 13.9 Å². The second kappa shape index (κ2) is 6.06. The molecule has 4 bridgehead atoms. The lowest BCUT2D eigenvalue weighted by atomic mass is 9.53. The van der Waals surface area contributed by atoms with Crippen molar-refractivity contribution in [3.8, 4) is 0 Å². The van der Waals surface area contributed by atoms with E-state index in [1.165, 1.54) is 47.7 Å². The Kier molecular flexibility index (Phi) is 3.86. The molecule has 4 aliphatic carbocycles. The highest BCUT2D eigenvalue weighted by Gasteiger charge is 2.50. The van der Waals surface area contributed by atoms with Crippen molar-refractivity contribution in [1.82, 2.24) is 24.0 Å². The third-order valence-electron chi connectivity index (χ3n) is 7.30. The Morgan fingerprint density at radius 3 is 2.37 bits per heavy atom. The molecular formula is C20H29N5O2. The molecule has 6 rings (SSSR count). The molecule has 0 unspecified atom stereocenters. The summed E-state index contributed by atoms with van der Waals surface area (Å²) in [5.41, 5.74) is 0.766. The number of nitrogens with zero attached hydrogens (tertiary/aromatic N) is 4. The molecule has 4 saturated carbocycles. The second-order valence-electron chi connectivity index (χ2n) is 9.30. The number of aromatic nitrogens is 4. The number of fused-ring (bicyclic) bond motifs is 1. The van der Waals surface area contributed by atoms with Crippen LogP contribution in [0.15, 0.2) is 15.9 Å². The van der Waals surface area contributed by atoms with E-state index in [0.717, 1.165) is 30.7 Å². The number of hydrogen-bond donors (Lipinski definition) is 1. The first kappa shape index (κ1) is 17.2. The standard InChI is InChI=1S/C20H29N5O2/c1-23-12-21-17-16(23)18(26)25(19(27)24(17)2)5-3-4-22-20-9-13-6-14(10-20)8-15(7-13)11-20/h12-15,22H,3-11H2,1-2H3. The van der Waals surface area contributed by atoms with Crippen LogP contribution in [0.25, 0.3) is 11.2 Å². The Labute approximate surface area is 158 Å². The minimum atomic E-state index is -0.277. The van der Waals surface area contributed by atoms with E-state index < -0.39 is 0 Å². The van der Waals surface area contributed by atoms with Crippen LogP contribution in [-0.4, -0.2) is 30.8 Å². The first-order valence-corrected chi connectivity index (χ1v) is 10.3. The topological polar surface area (TPSA) is 73.8 Å². The van der Waals surface area contributed by atoms with Crippen LogP contribution in [0.5, 0.6) is 0 Å². The van der Waals surface area contributed by atoms with E-state index in [0.29, 0.717) is 23.2 Å². The summed E-state index contributed by atoms with van der Waals surface area (Å²) in [6.07, 6.45) is 10.7. The molecule has 0 radical (unpaired) electrons. The highest BCUT2D eigenvalue weighted by Crippen LogP contribution is 2.55. The van der Waals surface area contributed by atoms with Gasteiger partial charge in [0.2, 0.25) is 0 Å². The van der Waals surface area contributed by atoms with Gasteiger partial charge in [-0.15, -0.1) is 0 Å². The van der Waals surface area contributed by atoms with Crippen molar-refractivity contribution in [2.75, 3.05) is 6.54 Å². The summed E-state index contributed by atoms with van der Waals surface area (Å²) in [5.74, 6) is 2.77. The highest BCUT2D eigenvalue weighted by molar-refractivity contribution is 5.69. The van der Waals surface area contributed by atoms with Crippen molar-refractivity contribution >= 4 is 11.2 Å². The quantitative estimate of drug-likeness (QED) is 0.806. The van der Waals surface area contributed by atoms with E-state index in [-0.39, 0.29) is 11.2 Å². The SMILES string of the molecule is Cn1cnc2c1c(=O)n(CCCNC13CC4CC(CC(C4)C1)C3)c(=O)n2C. The average Bonchev–Trinajstić information content (AvgIpc) is 3.00. The van der Waals surface area contributed by atoms with Gasteiger partial charge in [-0.05, 0) is 69.2 Å². The zero-order valence-electron chi connectivity index (χ0n) is 16.3. The number of aryl methyl sites for hydroxylation is 2. The molecule has 0 saturated heterocycles. The minimum absolute atomic E-state index is 0.233. The Morgan fingerprint density at radius 1 is 1.11 bits per heavy atom. The Hall–Kier alpha value is -1.89. The van der Waals surface area contributed by atoms with Gasteiger partial charge in [-0.2, -0.15) is 0 Å². The molecule has 0 atom stereocenters. The third kappa shape index (κ3) is 2.70. The summed E-state index contributed by atoms with van der Waals surface area (Å²) in [6, 6.07) is 0. The van der Waals surface area contributed by atoms with Crippen molar-refractivity contribution < 1.29 is 0 Å². The predicted octanol–water partition coefficient (Wildman–Crippen LogP) is 1.38. The maximum absolute atomic E-state index is 12.8. The summed E-state index contributed by atoms with van der Waals surface area (Å²) in [5, 5.41) is 3.85. The van der Waals surface area contributed by atoms with Crippen LogP contribution in [0.1, 0.15) is 44.9 Å². The fourth-order valence-electron chi connectivity index (χ4n) is 6.51. The number of nitrogens with one attached hydrogen (secondary N) is 1. The molecule has 1 N–H and O–H groups in total. The summed E-state index contributed by atoms with van der Waals surface area (Å²) in [7, 11) is 3.47. The lowest BCUT2D eigenvalue weighted by Gasteiger charge is -2.57. The van der Waals surface area contributed by atoms with Crippen LogP contribution in [-0.2, 0) is 20.6 Å². The van der Waals surface area contributed by atoms with Crippen molar-refractivity contribution in [2.24, 2.45) is 31.8 Å². The fourth-order valence-corrected chi connectivity index (χ4v) is 6.51. The van der Waals surface area contributed by atoms with E-state index in [1.54, 1.807) is 25.0 Å². The van der Waals surface area contributed by atoms with Gasteiger partial charge in [0.1, 0.15) is 0 Å². The first-order valence-electron chi connectivity index (χ1n) is 10.3. The van der Waals surface area contributed by atoms with Crippen LogP contribution in [0.4, 0.5) is 0 Å². The molecule has 0 aromatic carbocycles. The second-order valence-corrected chi connectivity index (χ2v) is 9.30. The molecule has 27 heavy (non-hydrogen) atoms. The predicted molar refractivity (Wildman–Crippen MR) is 104 cm³/mol. The molecule has 0 spiro atoms. The molecule has 7 nitrogen and oxygen atoms in total. The Balaban J connectivity index is 1.29. The molecule has 4 aliphatic rings. The van der Waals surface area contributed by atoms with E-state index in [4.69, 9.17) is 0 Å². The monoisotopic (exact) mass is 371 g/mol. The van der Waals surface area contributed by atoms with E-state index in [1.807, 2.05) is 0 Å². The summed E-state index contributed by atoms with van der Waals surface area (Å²) in [4.78, 5) is 29.5. The molecule has 0 amide bonds. The molecule has 2 aromatic heterocycles. The van der Waals surface area contributed by atoms with Gasteiger partial charge in [0, 0.05) is 26.2 Å². The lowest BCUT2D eigenvalue weighted by molar-refractivity contribution is -0.0196. The molecule has 2 heterocycles. The molecule has 146 valence electrons. The smallest absolute Gasteiger partial charge is 0.328 e.